The van der Waals surface area contributed by atoms with Crippen LogP contribution < -0.4 is 4.90 Å². The number of hydrogen-bond acceptors (Lipinski definition) is 4. The number of nitriles is 1. The van der Waals surface area contributed by atoms with Crippen LogP contribution in [0.1, 0.15) is 5.56 Å². The van der Waals surface area contributed by atoms with E-state index in [0.29, 0.717) is 58.4 Å². The van der Waals surface area contributed by atoms with E-state index in [2.05, 4.69) is 11.0 Å². The summed E-state index contributed by atoms with van der Waals surface area (Å²) in [5.41, 5.74) is 3.76. The molecule has 4 nitrogen and oxygen atoms in total. The number of morpholine rings is 1. The molecule has 0 N–H and O–H groups in total. The first-order valence-corrected chi connectivity index (χ1v) is 10.2. The predicted molar refractivity (Wildman–Crippen MR) is 118 cm³/mol. The van der Waals surface area contributed by atoms with Gasteiger partial charge in [0.15, 0.2) is 0 Å². The quantitative estimate of drug-likeness (QED) is 0.491. The summed E-state index contributed by atoms with van der Waals surface area (Å²) in [5, 5.41) is 11.6. The number of halogens is 3. The maximum atomic E-state index is 9.98. The first kappa shape index (κ1) is 20.0. The summed E-state index contributed by atoms with van der Waals surface area (Å²) < 4.78 is 5.47. The number of hydrogen-bond donors (Lipinski definition) is 0. The Hall–Kier alpha value is -2.29. The molecule has 1 aromatic heterocycles. The minimum absolute atomic E-state index is 0.455. The molecule has 0 aliphatic carbocycles. The van der Waals surface area contributed by atoms with Gasteiger partial charge in [0.05, 0.1) is 29.0 Å². The number of anilines is 1. The molecule has 0 amide bonds. The van der Waals surface area contributed by atoms with Crippen molar-refractivity contribution in [1.29, 1.82) is 5.26 Å². The number of rotatable bonds is 3. The molecule has 2 heterocycles. The van der Waals surface area contributed by atoms with Gasteiger partial charge in [-0.05, 0) is 35.9 Å². The monoisotopic (exact) mass is 443 g/mol. The molecule has 1 aliphatic heterocycles. The molecule has 29 heavy (non-hydrogen) atoms. The summed E-state index contributed by atoms with van der Waals surface area (Å²) in [6.07, 6.45) is 0. The summed E-state index contributed by atoms with van der Waals surface area (Å²) in [5.74, 6) is 0.643. The van der Waals surface area contributed by atoms with Crippen molar-refractivity contribution in [2.24, 2.45) is 0 Å². The third kappa shape index (κ3) is 4.19. The molecule has 146 valence electrons. The fourth-order valence-electron chi connectivity index (χ4n) is 3.31. The third-order valence-corrected chi connectivity index (χ3v) is 5.78. The minimum Gasteiger partial charge on any atom is -0.378 e. The number of nitrogens with zero attached hydrogens (tertiary/aromatic N) is 3. The molecule has 1 aliphatic rings. The lowest BCUT2D eigenvalue weighted by Crippen LogP contribution is -2.37. The van der Waals surface area contributed by atoms with E-state index in [-0.39, 0.29) is 0 Å². The van der Waals surface area contributed by atoms with E-state index in [9.17, 15) is 5.26 Å². The van der Waals surface area contributed by atoms with Crippen molar-refractivity contribution in [3.05, 3.63) is 69.2 Å². The Morgan fingerprint density at radius 1 is 0.897 bits per heavy atom. The molecule has 0 spiro atoms. The van der Waals surface area contributed by atoms with Crippen molar-refractivity contribution in [2.45, 2.75) is 0 Å². The molecule has 4 rings (SSSR count). The molecule has 0 radical (unpaired) electrons. The van der Waals surface area contributed by atoms with E-state index in [4.69, 9.17) is 44.5 Å². The molecule has 3 aromatic rings. The van der Waals surface area contributed by atoms with Crippen molar-refractivity contribution < 1.29 is 4.74 Å². The molecule has 1 saturated heterocycles. The van der Waals surface area contributed by atoms with E-state index in [1.54, 1.807) is 12.1 Å². The smallest absolute Gasteiger partial charge is 0.148 e. The molecule has 2 aromatic carbocycles. The second-order valence-corrected chi connectivity index (χ2v) is 7.85. The fraction of sp³-hybridized carbons (Fsp3) is 0.182. The Morgan fingerprint density at radius 3 is 2.24 bits per heavy atom. The lowest BCUT2D eigenvalue weighted by molar-refractivity contribution is 0.122. The van der Waals surface area contributed by atoms with Crippen LogP contribution in [0.2, 0.25) is 15.1 Å². The van der Waals surface area contributed by atoms with Crippen LogP contribution in [0.4, 0.5) is 5.82 Å². The van der Waals surface area contributed by atoms with Crippen molar-refractivity contribution in [1.82, 2.24) is 4.98 Å². The minimum atomic E-state index is 0.455. The Bertz CT molecular complexity index is 1090. The summed E-state index contributed by atoms with van der Waals surface area (Å²) in [6, 6.07) is 17.1. The highest BCUT2D eigenvalue weighted by atomic mass is 35.5. The van der Waals surface area contributed by atoms with Crippen LogP contribution in [0.3, 0.4) is 0 Å². The average Bonchev–Trinajstić information content (AvgIpc) is 2.76. The lowest BCUT2D eigenvalue weighted by Gasteiger charge is -2.29. The summed E-state index contributed by atoms with van der Waals surface area (Å²) in [6.45, 7) is 2.54. The molecular weight excluding hydrogens is 429 g/mol. The average molecular weight is 445 g/mol. The van der Waals surface area contributed by atoms with Crippen molar-refractivity contribution in [3.8, 4) is 28.5 Å². The number of benzene rings is 2. The summed E-state index contributed by atoms with van der Waals surface area (Å²) in [4.78, 5) is 6.92. The first-order chi connectivity index (χ1) is 14.1. The summed E-state index contributed by atoms with van der Waals surface area (Å²) in [7, 11) is 0. The number of ether oxygens (including phenoxy) is 1. The van der Waals surface area contributed by atoms with E-state index in [0.717, 1.165) is 16.7 Å². The van der Waals surface area contributed by atoms with Crippen LogP contribution in [0.25, 0.3) is 22.4 Å². The first-order valence-electron chi connectivity index (χ1n) is 9.06. The van der Waals surface area contributed by atoms with Crippen LogP contribution in [0.15, 0.2) is 48.5 Å². The van der Waals surface area contributed by atoms with E-state index >= 15 is 0 Å². The standard InChI is InChI=1S/C22H16Cl3N3O/c23-16-4-1-14(2-5-16)17-12-21(15-3-6-19(24)20(25)11-15)27-22(18(17)13-26)28-7-9-29-10-8-28/h1-6,11-12H,7-10H2. The van der Waals surface area contributed by atoms with Gasteiger partial charge in [0, 0.05) is 29.2 Å². The van der Waals surface area contributed by atoms with Gasteiger partial charge in [-0.25, -0.2) is 4.98 Å². The predicted octanol–water partition coefficient (Wildman–Crippen LogP) is 6.08. The van der Waals surface area contributed by atoms with Gasteiger partial charge in [0.2, 0.25) is 0 Å². The normalized spacial score (nSPS) is 13.9. The van der Waals surface area contributed by atoms with Crippen LogP contribution in [0.5, 0.6) is 0 Å². The Morgan fingerprint density at radius 2 is 1.59 bits per heavy atom. The molecule has 0 saturated carbocycles. The van der Waals surface area contributed by atoms with Gasteiger partial charge in [-0.3, -0.25) is 0 Å². The molecule has 0 bridgehead atoms. The van der Waals surface area contributed by atoms with Crippen LogP contribution in [0, 0.1) is 11.3 Å². The number of pyridine rings is 1. The van der Waals surface area contributed by atoms with Gasteiger partial charge in [-0.2, -0.15) is 5.26 Å². The highest BCUT2D eigenvalue weighted by molar-refractivity contribution is 6.42. The van der Waals surface area contributed by atoms with Gasteiger partial charge in [0.25, 0.3) is 0 Å². The lowest BCUT2D eigenvalue weighted by atomic mass is 9.98. The zero-order valence-electron chi connectivity index (χ0n) is 15.3. The van der Waals surface area contributed by atoms with Crippen LogP contribution in [-0.4, -0.2) is 31.3 Å². The molecule has 1 fully saturated rings. The van der Waals surface area contributed by atoms with E-state index in [1.165, 1.54) is 0 Å². The third-order valence-electron chi connectivity index (χ3n) is 4.79. The van der Waals surface area contributed by atoms with Gasteiger partial charge in [0.1, 0.15) is 17.5 Å². The van der Waals surface area contributed by atoms with E-state index in [1.807, 2.05) is 36.4 Å². The zero-order valence-corrected chi connectivity index (χ0v) is 17.6. The largest absolute Gasteiger partial charge is 0.378 e. The highest BCUT2D eigenvalue weighted by Gasteiger charge is 2.22. The van der Waals surface area contributed by atoms with Gasteiger partial charge in [-0.15, -0.1) is 0 Å². The van der Waals surface area contributed by atoms with Crippen LogP contribution in [-0.2, 0) is 4.74 Å². The van der Waals surface area contributed by atoms with Crippen LogP contribution >= 0.6 is 34.8 Å². The van der Waals surface area contributed by atoms with Crippen molar-refractivity contribution in [2.75, 3.05) is 31.2 Å². The second kappa shape index (κ2) is 8.61. The Labute approximate surface area is 184 Å². The Kier molecular flexibility index (Phi) is 5.94. The zero-order chi connectivity index (χ0) is 20.4. The SMILES string of the molecule is N#Cc1c(-c2ccc(Cl)cc2)cc(-c2ccc(Cl)c(Cl)c2)nc1N1CCOCC1. The van der Waals surface area contributed by atoms with Gasteiger partial charge >= 0.3 is 0 Å². The maximum Gasteiger partial charge on any atom is 0.148 e. The topological polar surface area (TPSA) is 49.2 Å². The van der Waals surface area contributed by atoms with Gasteiger partial charge < -0.3 is 9.64 Å². The number of aromatic nitrogens is 1. The fourth-order valence-corrected chi connectivity index (χ4v) is 3.73. The Balaban J connectivity index is 1.93. The van der Waals surface area contributed by atoms with E-state index < -0.39 is 0 Å². The van der Waals surface area contributed by atoms with Crippen molar-refractivity contribution >= 4 is 40.6 Å². The molecule has 0 unspecified atom stereocenters. The molecule has 0 atom stereocenters. The molecular formula is C22H16Cl3N3O. The van der Waals surface area contributed by atoms with Crippen molar-refractivity contribution in [3.63, 3.8) is 0 Å². The van der Waals surface area contributed by atoms with Gasteiger partial charge in [-0.1, -0.05) is 53.0 Å². The maximum absolute atomic E-state index is 9.98. The highest BCUT2D eigenvalue weighted by Crippen LogP contribution is 2.36. The second-order valence-electron chi connectivity index (χ2n) is 6.60. The molecule has 7 heteroatoms. The summed E-state index contributed by atoms with van der Waals surface area (Å²) >= 11 is 18.4.